The first kappa shape index (κ1) is 22.6. The number of ether oxygens (including phenoxy) is 1. The van der Waals surface area contributed by atoms with Gasteiger partial charge in [0.2, 0.25) is 0 Å². The van der Waals surface area contributed by atoms with Crippen LogP contribution in [-0.2, 0) is 17.8 Å². The first-order valence-electron chi connectivity index (χ1n) is 11.1. The van der Waals surface area contributed by atoms with Crippen LogP contribution in [0.25, 0.3) is 10.8 Å². The lowest BCUT2D eigenvalue weighted by Crippen LogP contribution is -2.51. The topological polar surface area (TPSA) is 111 Å². The maximum Gasteiger partial charge on any atom is 0.139 e. The number of likely N-dealkylation sites (tertiary alicyclic amines) is 1. The summed E-state index contributed by atoms with van der Waals surface area (Å²) in [4.78, 5) is 12.8. The molecule has 4 rings (SSSR count). The molecule has 7 nitrogen and oxygen atoms in total. The number of carboxylic acid groups (broad SMARTS) is 1. The van der Waals surface area contributed by atoms with Gasteiger partial charge in [-0.1, -0.05) is 65.8 Å². The summed E-state index contributed by atoms with van der Waals surface area (Å²) in [5.41, 5.74) is 8.82. The summed E-state index contributed by atoms with van der Waals surface area (Å²) in [6.45, 7) is 1.12. The highest BCUT2D eigenvalue weighted by molar-refractivity contribution is 5.83. The summed E-state index contributed by atoms with van der Waals surface area (Å²) in [5.74, 6) is 0.287. The van der Waals surface area contributed by atoms with Gasteiger partial charge >= 0.3 is 0 Å². The molecular weight excluding hydrogens is 418 g/mol. The van der Waals surface area contributed by atoms with Gasteiger partial charge in [0.1, 0.15) is 11.9 Å². The van der Waals surface area contributed by atoms with E-state index >= 15 is 0 Å². The molecule has 1 amide bonds. The number of amidine groups is 1. The van der Waals surface area contributed by atoms with Gasteiger partial charge in [-0.25, -0.2) is 0 Å². The van der Waals surface area contributed by atoms with E-state index in [2.05, 4.69) is 41.6 Å². The minimum atomic E-state index is -1.16. The summed E-state index contributed by atoms with van der Waals surface area (Å²) in [6, 6.07) is 22.6. The van der Waals surface area contributed by atoms with Gasteiger partial charge in [0.15, 0.2) is 0 Å². The van der Waals surface area contributed by atoms with E-state index in [1.165, 1.54) is 10.3 Å². The Morgan fingerprint density at radius 3 is 2.55 bits per heavy atom. The van der Waals surface area contributed by atoms with E-state index in [-0.39, 0.29) is 24.4 Å². The molecule has 172 valence electrons. The second kappa shape index (κ2) is 10.4. The largest absolute Gasteiger partial charge is 0.530 e. The molecule has 7 heteroatoms. The fraction of sp³-hybridized carbons (Fsp3) is 0.308. The highest BCUT2D eigenvalue weighted by atomic mass is 16.5. The van der Waals surface area contributed by atoms with Crippen LogP contribution in [0.5, 0.6) is 0 Å². The Morgan fingerprint density at radius 1 is 1.09 bits per heavy atom. The zero-order valence-corrected chi connectivity index (χ0v) is 18.4. The number of hydrogen-bond acceptors (Lipinski definition) is 5. The van der Waals surface area contributed by atoms with Crippen LogP contribution in [0.3, 0.4) is 0 Å². The van der Waals surface area contributed by atoms with E-state index in [4.69, 9.17) is 15.7 Å². The molecule has 0 radical (unpaired) electrons. The molecule has 33 heavy (non-hydrogen) atoms. The molecule has 3 N–H and O–H groups in total. The minimum absolute atomic E-state index is 0.0826. The standard InChI is InChI=1S/C26H29N3O4/c27-25(28-32)12-8-18-5-10-21(11-6-18)23-13-14-29(26(30)31)16-24(23)33-17-19-7-9-20-3-1-2-4-22(20)15-19/h1-7,9-11,15,23-24,32H,8,12-14,16-17H2,(H2,27,28)(H,30,31)/p-1. The van der Waals surface area contributed by atoms with Crippen LogP contribution < -0.4 is 10.8 Å². The van der Waals surface area contributed by atoms with E-state index in [1.807, 2.05) is 30.3 Å². The quantitative estimate of drug-likeness (QED) is 0.250. The summed E-state index contributed by atoms with van der Waals surface area (Å²) in [7, 11) is 0. The first-order chi connectivity index (χ1) is 16.0. The van der Waals surface area contributed by atoms with Gasteiger partial charge in [-0.15, -0.1) is 0 Å². The van der Waals surface area contributed by atoms with Crippen molar-refractivity contribution in [2.75, 3.05) is 13.1 Å². The molecule has 1 saturated heterocycles. The van der Waals surface area contributed by atoms with Gasteiger partial charge in [0.25, 0.3) is 0 Å². The number of carbonyl (C=O) groups is 1. The number of hydrogen-bond donors (Lipinski definition) is 2. The zero-order valence-electron chi connectivity index (χ0n) is 18.4. The normalized spacial score (nSPS) is 19.0. The number of carbonyl (C=O) groups excluding carboxylic acids is 1. The zero-order chi connectivity index (χ0) is 23.2. The first-order valence-corrected chi connectivity index (χ1v) is 11.1. The third-order valence-electron chi connectivity index (χ3n) is 6.30. The van der Waals surface area contributed by atoms with Crippen molar-refractivity contribution in [3.8, 4) is 0 Å². The number of rotatable bonds is 7. The van der Waals surface area contributed by atoms with Crippen molar-refractivity contribution in [3.05, 3.63) is 83.4 Å². The summed E-state index contributed by atoms with van der Waals surface area (Å²) in [6.07, 6.45) is 0.399. The number of piperidine rings is 1. The summed E-state index contributed by atoms with van der Waals surface area (Å²) < 4.78 is 6.30. The maximum atomic E-state index is 11.5. The van der Waals surface area contributed by atoms with Gasteiger partial charge in [-0.05, 0) is 46.4 Å². The number of aryl methyl sites for hydroxylation is 1. The summed E-state index contributed by atoms with van der Waals surface area (Å²) in [5, 5.41) is 25.5. The van der Waals surface area contributed by atoms with Crippen molar-refractivity contribution in [1.82, 2.24) is 4.90 Å². The maximum absolute atomic E-state index is 11.5. The van der Waals surface area contributed by atoms with Gasteiger partial charge < -0.3 is 30.5 Å². The van der Waals surface area contributed by atoms with Crippen LogP contribution in [0.15, 0.2) is 71.9 Å². The number of benzene rings is 3. The number of fused-ring (bicyclic) bond motifs is 1. The lowest BCUT2D eigenvalue weighted by Gasteiger charge is -2.40. The molecule has 1 aliphatic heterocycles. The van der Waals surface area contributed by atoms with E-state index in [1.54, 1.807) is 0 Å². The van der Waals surface area contributed by atoms with E-state index < -0.39 is 6.09 Å². The van der Waals surface area contributed by atoms with Crippen molar-refractivity contribution in [2.24, 2.45) is 10.9 Å². The van der Waals surface area contributed by atoms with Crippen LogP contribution in [0, 0.1) is 0 Å². The molecule has 1 heterocycles. The molecule has 0 spiro atoms. The molecule has 2 unspecified atom stereocenters. The highest BCUT2D eigenvalue weighted by Crippen LogP contribution is 2.31. The Balaban J connectivity index is 1.47. The third-order valence-corrected chi connectivity index (χ3v) is 6.30. The second-order valence-corrected chi connectivity index (χ2v) is 8.47. The van der Waals surface area contributed by atoms with Crippen LogP contribution in [-0.4, -0.2) is 41.2 Å². The van der Waals surface area contributed by atoms with Gasteiger partial charge in [-0.2, -0.15) is 0 Å². The van der Waals surface area contributed by atoms with Gasteiger partial charge in [0, 0.05) is 25.4 Å². The Labute approximate surface area is 193 Å². The van der Waals surface area contributed by atoms with Crippen molar-refractivity contribution in [3.63, 3.8) is 0 Å². The van der Waals surface area contributed by atoms with Crippen molar-refractivity contribution in [2.45, 2.75) is 37.9 Å². The van der Waals surface area contributed by atoms with Crippen LogP contribution in [0.2, 0.25) is 0 Å². The lowest BCUT2D eigenvalue weighted by molar-refractivity contribution is -0.268. The molecule has 3 aromatic carbocycles. The third kappa shape index (κ3) is 5.62. The SMILES string of the molecule is N/C(CCc1ccc(C2CCN(C(=O)[O-])CC2OCc2ccc3ccccc3c2)cc1)=N/O. The van der Waals surface area contributed by atoms with Gasteiger partial charge in [0.05, 0.1) is 12.7 Å². The molecule has 3 aromatic rings. The Morgan fingerprint density at radius 2 is 1.82 bits per heavy atom. The minimum Gasteiger partial charge on any atom is -0.530 e. The van der Waals surface area contributed by atoms with Crippen molar-refractivity contribution >= 4 is 22.7 Å². The Bertz CT molecular complexity index is 1130. The van der Waals surface area contributed by atoms with Crippen LogP contribution >= 0.6 is 0 Å². The Hall–Kier alpha value is -3.58. The van der Waals surface area contributed by atoms with Gasteiger partial charge in [-0.3, -0.25) is 0 Å². The average molecular weight is 447 g/mol. The number of oxime groups is 1. The predicted octanol–water partition coefficient (Wildman–Crippen LogP) is 3.24. The molecule has 2 atom stereocenters. The predicted molar refractivity (Wildman–Crippen MR) is 125 cm³/mol. The Kier molecular flexibility index (Phi) is 7.10. The van der Waals surface area contributed by atoms with E-state index in [9.17, 15) is 9.90 Å². The lowest BCUT2D eigenvalue weighted by atomic mass is 9.86. The molecule has 0 aliphatic carbocycles. The fourth-order valence-electron chi connectivity index (χ4n) is 4.42. The smallest absolute Gasteiger partial charge is 0.139 e. The molecule has 1 aliphatic rings. The molecule has 0 saturated carbocycles. The summed E-state index contributed by atoms with van der Waals surface area (Å²) >= 11 is 0. The number of nitrogens with zero attached hydrogens (tertiary/aromatic N) is 2. The average Bonchev–Trinajstić information content (AvgIpc) is 2.86. The number of amides is 1. The molecular formula is C26H28N3O4-. The van der Waals surface area contributed by atoms with Crippen molar-refractivity contribution in [1.29, 1.82) is 0 Å². The fourth-order valence-corrected chi connectivity index (χ4v) is 4.42. The molecule has 0 aromatic heterocycles. The van der Waals surface area contributed by atoms with Crippen LogP contribution in [0.1, 0.15) is 35.4 Å². The number of nitrogens with two attached hydrogens (primary N) is 1. The monoisotopic (exact) mass is 446 g/mol. The molecule has 1 fully saturated rings. The highest BCUT2D eigenvalue weighted by Gasteiger charge is 2.31. The van der Waals surface area contributed by atoms with E-state index in [0.29, 0.717) is 32.4 Å². The second-order valence-electron chi connectivity index (χ2n) is 8.47. The van der Waals surface area contributed by atoms with E-state index in [0.717, 1.165) is 22.1 Å². The van der Waals surface area contributed by atoms with Crippen molar-refractivity contribution < 1.29 is 19.8 Å². The van der Waals surface area contributed by atoms with Crippen LogP contribution in [0.4, 0.5) is 4.79 Å². The molecule has 0 bridgehead atoms.